The lowest BCUT2D eigenvalue weighted by molar-refractivity contribution is 0.599. The Kier molecular flexibility index (Phi) is 4.07. The summed E-state index contributed by atoms with van der Waals surface area (Å²) in [5, 5.41) is 8.59. The van der Waals surface area contributed by atoms with Crippen LogP contribution in [0.4, 0.5) is 10.1 Å². The zero-order valence-electron chi connectivity index (χ0n) is 9.64. The Morgan fingerprint density at radius 3 is 2.59 bits per heavy atom. The standard InChI is InChI=1S/C11H13FN2O2S/c1-14(5-6-17(2,15)16)11-4-3-9(8-13)7-10(11)12/h3-4,7H,5-6H2,1-2H3. The minimum atomic E-state index is -3.07. The fourth-order valence-electron chi connectivity index (χ4n) is 1.31. The van der Waals surface area contributed by atoms with Gasteiger partial charge in [0, 0.05) is 19.8 Å². The van der Waals surface area contributed by atoms with Crippen LogP contribution in [-0.2, 0) is 9.84 Å². The Labute approximate surface area is 100 Å². The van der Waals surface area contributed by atoms with Gasteiger partial charge in [0.05, 0.1) is 23.1 Å². The largest absolute Gasteiger partial charge is 0.371 e. The number of nitrogens with zero attached hydrogens (tertiary/aromatic N) is 2. The van der Waals surface area contributed by atoms with Crippen LogP contribution in [0.3, 0.4) is 0 Å². The smallest absolute Gasteiger partial charge is 0.149 e. The van der Waals surface area contributed by atoms with Crippen LogP contribution in [0.15, 0.2) is 18.2 Å². The Bertz CT molecular complexity index is 549. The molecule has 0 aromatic heterocycles. The summed E-state index contributed by atoms with van der Waals surface area (Å²) in [5.41, 5.74) is 0.524. The minimum absolute atomic E-state index is 0.0387. The summed E-state index contributed by atoms with van der Waals surface area (Å²) in [4.78, 5) is 1.51. The van der Waals surface area contributed by atoms with Gasteiger partial charge in [-0.1, -0.05) is 0 Å². The third kappa shape index (κ3) is 4.04. The second kappa shape index (κ2) is 5.15. The highest BCUT2D eigenvalue weighted by Crippen LogP contribution is 2.18. The van der Waals surface area contributed by atoms with Crippen LogP contribution in [0, 0.1) is 17.1 Å². The van der Waals surface area contributed by atoms with Gasteiger partial charge in [0.1, 0.15) is 15.7 Å². The van der Waals surface area contributed by atoms with E-state index < -0.39 is 15.7 Å². The van der Waals surface area contributed by atoms with Crippen LogP contribution < -0.4 is 4.90 Å². The third-order valence-corrected chi connectivity index (χ3v) is 3.21. The molecule has 6 heteroatoms. The number of sulfone groups is 1. The van der Waals surface area contributed by atoms with Gasteiger partial charge in [-0.3, -0.25) is 0 Å². The Morgan fingerprint density at radius 2 is 2.12 bits per heavy atom. The normalized spacial score (nSPS) is 10.9. The van der Waals surface area contributed by atoms with Crippen LogP contribution >= 0.6 is 0 Å². The second-order valence-electron chi connectivity index (χ2n) is 3.83. The van der Waals surface area contributed by atoms with Crippen molar-refractivity contribution in [2.24, 2.45) is 0 Å². The highest BCUT2D eigenvalue weighted by molar-refractivity contribution is 7.90. The highest BCUT2D eigenvalue weighted by atomic mass is 32.2. The molecule has 0 saturated carbocycles. The molecule has 0 radical (unpaired) electrons. The number of nitriles is 1. The van der Waals surface area contributed by atoms with Crippen molar-refractivity contribution >= 4 is 15.5 Å². The topological polar surface area (TPSA) is 61.2 Å². The highest BCUT2D eigenvalue weighted by Gasteiger charge is 2.10. The van der Waals surface area contributed by atoms with Crippen LogP contribution in [0.2, 0.25) is 0 Å². The molecule has 0 heterocycles. The summed E-state index contributed by atoms with van der Waals surface area (Å²) in [7, 11) is -1.46. The summed E-state index contributed by atoms with van der Waals surface area (Å²) in [5.74, 6) is -0.566. The van der Waals surface area contributed by atoms with Crippen molar-refractivity contribution in [3.63, 3.8) is 0 Å². The number of hydrogen-bond acceptors (Lipinski definition) is 4. The van der Waals surface area contributed by atoms with Gasteiger partial charge in [0.25, 0.3) is 0 Å². The van der Waals surface area contributed by atoms with Gasteiger partial charge < -0.3 is 4.90 Å². The zero-order chi connectivity index (χ0) is 13.1. The van der Waals surface area contributed by atoms with Crippen molar-refractivity contribution in [1.82, 2.24) is 0 Å². The van der Waals surface area contributed by atoms with E-state index in [0.717, 1.165) is 12.3 Å². The predicted octanol–water partition coefficient (Wildman–Crippen LogP) is 1.18. The molecule has 0 aliphatic rings. The molecular formula is C11H13FN2O2S. The van der Waals surface area contributed by atoms with E-state index in [-0.39, 0.29) is 23.5 Å². The number of hydrogen-bond donors (Lipinski definition) is 0. The Morgan fingerprint density at radius 1 is 1.47 bits per heavy atom. The lowest BCUT2D eigenvalue weighted by atomic mass is 10.2. The minimum Gasteiger partial charge on any atom is -0.371 e. The third-order valence-electron chi connectivity index (χ3n) is 2.29. The molecule has 0 fully saturated rings. The molecule has 0 N–H and O–H groups in total. The van der Waals surface area contributed by atoms with Crippen molar-refractivity contribution in [3.8, 4) is 6.07 Å². The van der Waals surface area contributed by atoms with Crippen molar-refractivity contribution in [2.75, 3.05) is 30.5 Å². The second-order valence-corrected chi connectivity index (χ2v) is 6.09. The maximum atomic E-state index is 13.6. The monoisotopic (exact) mass is 256 g/mol. The van der Waals surface area contributed by atoms with Crippen molar-refractivity contribution in [2.45, 2.75) is 0 Å². The Hall–Kier alpha value is -1.61. The van der Waals surface area contributed by atoms with E-state index in [1.54, 1.807) is 7.05 Å². The number of rotatable bonds is 4. The molecule has 4 nitrogen and oxygen atoms in total. The van der Waals surface area contributed by atoms with E-state index in [1.807, 2.05) is 6.07 Å². The molecule has 0 spiro atoms. The molecule has 17 heavy (non-hydrogen) atoms. The summed E-state index contributed by atoms with van der Waals surface area (Å²) >= 11 is 0. The van der Waals surface area contributed by atoms with Crippen LogP contribution in [0.1, 0.15) is 5.56 Å². The first kappa shape index (κ1) is 13.5. The van der Waals surface area contributed by atoms with Gasteiger partial charge in [0.15, 0.2) is 0 Å². The van der Waals surface area contributed by atoms with E-state index >= 15 is 0 Å². The van der Waals surface area contributed by atoms with Crippen molar-refractivity contribution < 1.29 is 12.8 Å². The zero-order valence-corrected chi connectivity index (χ0v) is 10.5. The van der Waals surface area contributed by atoms with E-state index in [1.165, 1.54) is 17.0 Å². The van der Waals surface area contributed by atoms with E-state index in [2.05, 4.69) is 0 Å². The number of benzene rings is 1. The van der Waals surface area contributed by atoms with E-state index in [9.17, 15) is 12.8 Å². The summed E-state index contributed by atoms with van der Waals surface area (Å²) in [6.45, 7) is 0.210. The average molecular weight is 256 g/mol. The molecule has 0 aliphatic heterocycles. The molecule has 1 aromatic rings. The first-order valence-corrected chi connectivity index (χ1v) is 6.98. The molecule has 1 rings (SSSR count). The van der Waals surface area contributed by atoms with Crippen LogP contribution in [0.25, 0.3) is 0 Å². The van der Waals surface area contributed by atoms with Crippen molar-refractivity contribution in [3.05, 3.63) is 29.6 Å². The number of halogens is 1. The van der Waals surface area contributed by atoms with Gasteiger partial charge in [0.2, 0.25) is 0 Å². The van der Waals surface area contributed by atoms with E-state index in [4.69, 9.17) is 5.26 Å². The molecular weight excluding hydrogens is 243 g/mol. The fraction of sp³-hybridized carbons (Fsp3) is 0.364. The summed E-state index contributed by atoms with van der Waals surface area (Å²) < 4.78 is 35.5. The average Bonchev–Trinajstić information content (AvgIpc) is 2.24. The van der Waals surface area contributed by atoms with E-state index in [0.29, 0.717) is 0 Å². The Balaban J connectivity index is 2.83. The first-order valence-electron chi connectivity index (χ1n) is 4.92. The van der Waals surface area contributed by atoms with Gasteiger partial charge >= 0.3 is 0 Å². The van der Waals surface area contributed by atoms with Gasteiger partial charge in [-0.15, -0.1) is 0 Å². The van der Waals surface area contributed by atoms with Gasteiger partial charge in [-0.05, 0) is 18.2 Å². The SMILES string of the molecule is CN(CCS(C)(=O)=O)c1ccc(C#N)cc1F. The number of anilines is 1. The summed E-state index contributed by atoms with van der Waals surface area (Å²) in [6, 6.07) is 5.93. The molecule has 0 amide bonds. The fourth-order valence-corrected chi connectivity index (χ4v) is 1.91. The molecule has 0 bridgehead atoms. The molecule has 92 valence electrons. The molecule has 0 unspecified atom stereocenters. The summed E-state index contributed by atoms with van der Waals surface area (Å²) in [6.07, 6.45) is 1.13. The quantitative estimate of drug-likeness (QED) is 0.811. The molecule has 0 atom stereocenters. The molecule has 0 aliphatic carbocycles. The van der Waals surface area contributed by atoms with Gasteiger partial charge in [-0.2, -0.15) is 5.26 Å². The molecule has 0 saturated heterocycles. The maximum absolute atomic E-state index is 13.6. The van der Waals surface area contributed by atoms with Gasteiger partial charge in [-0.25, -0.2) is 12.8 Å². The predicted molar refractivity (Wildman–Crippen MR) is 64.1 cm³/mol. The van der Waals surface area contributed by atoms with Crippen molar-refractivity contribution in [1.29, 1.82) is 5.26 Å². The maximum Gasteiger partial charge on any atom is 0.149 e. The van der Waals surface area contributed by atoms with Crippen LogP contribution in [-0.4, -0.2) is 34.0 Å². The van der Waals surface area contributed by atoms with Crippen LogP contribution in [0.5, 0.6) is 0 Å². The molecule has 1 aromatic carbocycles. The first-order chi connectivity index (χ1) is 7.83. The lowest BCUT2D eigenvalue weighted by Crippen LogP contribution is -2.25. The lowest BCUT2D eigenvalue weighted by Gasteiger charge is -2.19.